The lowest BCUT2D eigenvalue weighted by molar-refractivity contribution is -0.159. The maximum absolute atomic E-state index is 12.6. The minimum absolute atomic E-state index is 0.0567. The molecule has 2 heterocycles. The summed E-state index contributed by atoms with van der Waals surface area (Å²) in [5.41, 5.74) is 4.01. The molecule has 1 aliphatic rings. The molecule has 0 unspecified atom stereocenters. The Morgan fingerprint density at radius 1 is 1.03 bits per heavy atom. The summed E-state index contributed by atoms with van der Waals surface area (Å²) < 4.78 is 0. The second-order valence-corrected chi connectivity index (χ2v) is 7.73. The van der Waals surface area contributed by atoms with Gasteiger partial charge in [0.2, 0.25) is 5.91 Å². The van der Waals surface area contributed by atoms with Gasteiger partial charge in [-0.15, -0.1) is 0 Å². The van der Waals surface area contributed by atoms with Crippen molar-refractivity contribution in [2.75, 3.05) is 36.9 Å². The number of aromatic nitrogens is 1. The lowest BCUT2D eigenvalue weighted by atomic mass is 10.1. The van der Waals surface area contributed by atoms with E-state index >= 15 is 0 Å². The normalized spacial score (nSPS) is 12.0. The predicted octanol–water partition coefficient (Wildman–Crippen LogP) is 1.86. The zero-order valence-corrected chi connectivity index (χ0v) is 18.6. The first-order chi connectivity index (χ1) is 16.3. The van der Waals surface area contributed by atoms with E-state index in [1.807, 2.05) is 43.4 Å². The average molecular weight is 466 g/mol. The maximum Gasteiger partial charge on any atom is 0.414 e. The van der Waals surface area contributed by atoms with Gasteiger partial charge in [-0.2, -0.15) is 0 Å². The van der Waals surface area contributed by atoms with E-state index in [1.165, 1.54) is 0 Å². The fourth-order valence-electron chi connectivity index (χ4n) is 3.60. The molecule has 1 aliphatic heterocycles. The van der Waals surface area contributed by atoms with Crippen LogP contribution >= 0.6 is 0 Å². The number of rotatable bonds is 6. The standard InChI is InChI=1S/C22H24N4O2.C2H2O4/c1-26-13-11-18-21(17-4-2-3-5-19(17)24-22(18)26)25-20(28)14-23-12-10-15-6-8-16(27)9-7-15;3-1(4)2(5)6/h2-9,23,27H,10-14H2,1H3,(H,24,25,28);(H,3,4)(H,5,6). The van der Waals surface area contributed by atoms with Crippen molar-refractivity contribution in [1.29, 1.82) is 0 Å². The number of para-hydroxylation sites is 1. The minimum atomic E-state index is -1.82. The average Bonchev–Trinajstić information content (AvgIpc) is 3.18. The van der Waals surface area contributed by atoms with Gasteiger partial charge in [0.15, 0.2) is 0 Å². The van der Waals surface area contributed by atoms with Gasteiger partial charge < -0.3 is 30.9 Å². The van der Waals surface area contributed by atoms with Crippen LogP contribution < -0.4 is 15.5 Å². The molecule has 178 valence electrons. The Labute approximate surface area is 195 Å². The SMILES string of the molecule is CN1CCc2c1nc1ccccc1c2NC(=O)CNCCc1ccc(O)cc1.O=C(O)C(=O)O. The van der Waals surface area contributed by atoms with Gasteiger partial charge in [-0.3, -0.25) is 4.79 Å². The molecule has 4 rings (SSSR count). The summed E-state index contributed by atoms with van der Waals surface area (Å²) in [6, 6.07) is 15.1. The molecule has 0 radical (unpaired) electrons. The van der Waals surface area contributed by atoms with Crippen LogP contribution in [0.5, 0.6) is 5.75 Å². The molecule has 0 fully saturated rings. The molecule has 10 heteroatoms. The highest BCUT2D eigenvalue weighted by atomic mass is 16.4. The number of phenolic OH excluding ortho intramolecular Hbond substituents is 1. The van der Waals surface area contributed by atoms with E-state index < -0.39 is 11.9 Å². The van der Waals surface area contributed by atoms with Crippen molar-refractivity contribution < 1.29 is 29.7 Å². The van der Waals surface area contributed by atoms with Crippen molar-refractivity contribution >= 4 is 40.3 Å². The molecule has 2 aromatic carbocycles. The van der Waals surface area contributed by atoms with Gasteiger partial charge in [0, 0.05) is 24.5 Å². The summed E-state index contributed by atoms with van der Waals surface area (Å²) in [6.07, 6.45) is 1.68. The highest BCUT2D eigenvalue weighted by molar-refractivity contribution is 6.27. The van der Waals surface area contributed by atoms with E-state index in [1.54, 1.807) is 12.1 Å². The summed E-state index contributed by atoms with van der Waals surface area (Å²) >= 11 is 0. The molecule has 0 saturated heterocycles. The summed E-state index contributed by atoms with van der Waals surface area (Å²) in [5, 5.41) is 31.4. The fourth-order valence-corrected chi connectivity index (χ4v) is 3.60. The molecule has 10 nitrogen and oxygen atoms in total. The second-order valence-electron chi connectivity index (χ2n) is 7.73. The topological polar surface area (TPSA) is 152 Å². The Morgan fingerprint density at radius 3 is 2.38 bits per heavy atom. The third kappa shape index (κ3) is 6.20. The van der Waals surface area contributed by atoms with Gasteiger partial charge in [-0.1, -0.05) is 30.3 Å². The molecular weight excluding hydrogens is 440 g/mol. The fraction of sp³-hybridized carbons (Fsp3) is 0.250. The number of nitrogens with one attached hydrogen (secondary N) is 2. The number of phenols is 1. The predicted molar refractivity (Wildman–Crippen MR) is 127 cm³/mol. The first-order valence-electron chi connectivity index (χ1n) is 10.6. The number of aromatic hydroxyl groups is 1. The zero-order chi connectivity index (χ0) is 24.7. The molecular formula is C24H26N4O6. The summed E-state index contributed by atoms with van der Waals surface area (Å²) in [6.45, 7) is 1.85. The van der Waals surface area contributed by atoms with E-state index in [0.717, 1.165) is 52.9 Å². The molecule has 3 aromatic rings. The van der Waals surface area contributed by atoms with Crippen LogP contribution in [0, 0.1) is 0 Å². The Hall–Kier alpha value is -4.18. The monoisotopic (exact) mass is 466 g/mol. The smallest absolute Gasteiger partial charge is 0.414 e. The van der Waals surface area contributed by atoms with Crippen LogP contribution in [0.3, 0.4) is 0 Å². The number of anilines is 2. The molecule has 5 N–H and O–H groups in total. The van der Waals surface area contributed by atoms with Crippen LogP contribution in [0.15, 0.2) is 48.5 Å². The minimum Gasteiger partial charge on any atom is -0.508 e. The Morgan fingerprint density at radius 2 is 1.71 bits per heavy atom. The summed E-state index contributed by atoms with van der Waals surface area (Å²) in [4.78, 5) is 37.6. The largest absolute Gasteiger partial charge is 0.508 e. The van der Waals surface area contributed by atoms with Crippen molar-refractivity contribution in [2.24, 2.45) is 0 Å². The van der Waals surface area contributed by atoms with Gasteiger partial charge in [0.05, 0.1) is 17.7 Å². The summed E-state index contributed by atoms with van der Waals surface area (Å²) in [7, 11) is 2.03. The number of nitrogens with zero attached hydrogens (tertiary/aromatic N) is 2. The lowest BCUT2D eigenvalue weighted by Gasteiger charge is -2.16. The van der Waals surface area contributed by atoms with Crippen molar-refractivity contribution in [3.05, 3.63) is 59.7 Å². The number of carbonyl (C=O) groups is 3. The quantitative estimate of drug-likeness (QED) is 0.271. The number of carboxylic acid groups (broad SMARTS) is 2. The van der Waals surface area contributed by atoms with Gasteiger partial charge >= 0.3 is 11.9 Å². The number of carboxylic acids is 2. The Balaban J connectivity index is 0.000000481. The molecule has 34 heavy (non-hydrogen) atoms. The van der Waals surface area contributed by atoms with Crippen molar-refractivity contribution in [1.82, 2.24) is 10.3 Å². The van der Waals surface area contributed by atoms with Crippen molar-refractivity contribution in [3.63, 3.8) is 0 Å². The van der Waals surface area contributed by atoms with Crippen molar-refractivity contribution in [2.45, 2.75) is 12.8 Å². The highest BCUT2D eigenvalue weighted by Gasteiger charge is 2.24. The van der Waals surface area contributed by atoms with E-state index in [2.05, 4.69) is 15.5 Å². The second kappa shape index (κ2) is 11.1. The molecule has 0 saturated carbocycles. The Kier molecular flexibility index (Phi) is 7.99. The van der Waals surface area contributed by atoms with Crippen LogP contribution in [0.25, 0.3) is 10.9 Å². The van der Waals surface area contributed by atoms with Gasteiger partial charge in [-0.25, -0.2) is 14.6 Å². The number of likely N-dealkylation sites (N-methyl/N-ethyl adjacent to an activating group) is 1. The lowest BCUT2D eigenvalue weighted by Crippen LogP contribution is -2.30. The number of amides is 1. The van der Waals surface area contributed by atoms with Gasteiger partial charge in [0.25, 0.3) is 0 Å². The highest BCUT2D eigenvalue weighted by Crippen LogP contribution is 2.36. The third-order valence-corrected chi connectivity index (χ3v) is 5.29. The zero-order valence-electron chi connectivity index (χ0n) is 18.6. The molecule has 0 bridgehead atoms. The number of fused-ring (bicyclic) bond motifs is 2. The number of aliphatic carboxylic acids is 2. The van der Waals surface area contributed by atoms with Crippen molar-refractivity contribution in [3.8, 4) is 5.75 Å². The first-order valence-corrected chi connectivity index (χ1v) is 10.6. The van der Waals surface area contributed by atoms with Crippen LogP contribution in [-0.2, 0) is 27.2 Å². The Bertz CT molecular complexity index is 1180. The first kappa shape index (κ1) is 24.5. The molecule has 1 amide bonds. The summed E-state index contributed by atoms with van der Waals surface area (Å²) in [5.74, 6) is -2.49. The van der Waals surface area contributed by atoms with E-state index in [0.29, 0.717) is 6.54 Å². The van der Waals surface area contributed by atoms with Crippen LogP contribution in [-0.4, -0.2) is 64.8 Å². The number of benzene rings is 2. The molecule has 0 atom stereocenters. The van der Waals surface area contributed by atoms with Crippen LogP contribution in [0.1, 0.15) is 11.1 Å². The van der Waals surface area contributed by atoms with E-state index in [-0.39, 0.29) is 18.2 Å². The van der Waals surface area contributed by atoms with E-state index in [9.17, 15) is 9.90 Å². The van der Waals surface area contributed by atoms with Crippen LogP contribution in [0.2, 0.25) is 0 Å². The molecule has 1 aromatic heterocycles. The van der Waals surface area contributed by atoms with Crippen LogP contribution in [0.4, 0.5) is 11.5 Å². The number of hydrogen-bond acceptors (Lipinski definition) is 7. The van der Waals surface area contributed by atoms with Gasteiger partial charge in [-0.05, 0) is 43.1 Å². The number of pyridine rings is 1. The third-order valence-electron chi connectivity index (χ3n) is 5.29. The number of hydrogen-bond donors (Lipinski definition) is 5. The molecule has 0 aliphatic carbocycles. The van der Waals surface area contributed by atoms with E-state index in [4.69, 9.17) is 24.8 Å². The maximum atomic E-state index is 12.6. The number of carbonyl (C=O) groups excluding carboxylic acids is 1. The molecule has 0 spiro atoms. The van der Waals surface area contributed by atoms with Gasteiger partial charge in [0.1, 0.15) is 11.6 Å².